The average molecular weight is 476 g/mol. The quantitative estimate of drug-likeness (QED) is 0.396. The van der Waals surface area contributed by atoms with E-state index in [9.17, 15) is 9.59 Å². The van der Waals surface area contributed by atoms with Gasteiger partial charge >= 0.3 is 17.3 Å². The van der Waals surface area contributed by atoms with Crippen molar-refractivity contribution in [3.8, 4) is 17.6 Å². The Morgan fingerprint density at radius 2 is 1.79 bits per heavy atom. The molecule has 0 radical (unpaired) electrons. The summed E-state index contributed by atoms with van der Waals surface area (Å²) >= 11 is 5.97. The van der Waals surface area contributed by atoms with Gasteiger partial charge in [0.1, 0.15) is 11.5 Å². The minimum absolute atomic E-state index is 0.197. The highest BCUT2D eigenvalue weighted by molar-refractivity contribution is 6.30. The minimum Gasteiger partial charge on any atom is -0.456 e. The first-order chi connectivity index (χ1) is 16.5. The summed E-state index contributed by atoms with van der Waals surface area (Å²) in [5, 5.41) is 12.5. The Bertz CT molecular complexity index is 1450. The smallest absolute Gasteiger partial charge is 0.421 e. The molecule has 4 rings (SSSR count). The van der Waals surface area contributed by atoms with Gasteiger partial charge < -0.3 is 4.74 Å². The number of anilines is 2. The summed E-state index contributed by atoms with van der Waals surface area (Å²) in [6.07, 6.45) is 1.51. The van der Waals surface area contributed by atoms with Crippen LogP contribution in [-0.4, -0.2) is 14.5 Å². The second-order valence-electron chi connectivity index (χ2n) is 7.26. The fourth-order valence-electron chi connectivity index (χ4n) is 3.23. The van der Waals surface area contributed by atoms with E-state index in [4.69, 9.17) is 21.6 Å². The normalized spacial score (nSPS) is 10.5. The lowest BCUT2D eigenvalue weighted by atomic mass is 10.2. The molecule has 0 aliphatic rings. The molecule has 2 heterocycles. The second-order valence-corrected chi connectivity index (χ2v) is 7.70. The van der Waals surface area contributed by atoms with Gasteiger partial charge in [0.25, 0.3) is 0 Å². The van der Waals surface area contributed by atoms with Crippen LogP contribution in [0.15, 0.2) is 76.4 Å². The van der Waals surface area contributed by atoms with Crippen molar-refractivity contribution < 1.29 is 9.30 Å². The molecule has 0 aliphatic heterocycles. The van der Waals surface area contributed by atoms with Gasteiger partial charge in [-0.05, 0) is 61.0 Å². The third-order valence-corrected chi connectivity index (χ3v) is 5.23. The number of benzene rings is 2. The Morgan fingerprint density at radius 3 is 2.41 bits per heavy atom. The van der Waals surface area contributed by atoms with Crippen molar-refractivity contribution in [3.63, 3.8) is 0 Å². The second kappa shape index (κ2) is 10.0. The van der Waals surface area contributed by atoms with Gasteiger partial charge in [0, 0.05) is 5.02 Å². The maximum Gasteiger partial charge on any atom is 0.421 e. The molecule has 4 aromatic rings. The predicted molar refractivity (Wildman–Crippen MR) is 126 cm³/mol. The van der Waals surface area contributed by atoms with Crippen LogP contribution in [0.3, 0.4) is 0 Å². The summed E-state index contributed by atoms with van der Waals surface area (Å²) < 4.78 is 8.28. The molecule has 0 fully saturated rings. The number of halogens is 1. The van der Waals surface area contributed by atoms with Gasteiger partial charge in [-0.25, -0.2) is 24.9 Å². The van der Waals surface area contributed by atoms with Crippen LogP contribution in [0.1, 0.15) is 18.1 Å². The van der Waals surface area contributed by atoms with Gasteiger partial charge in [-0.2, -0.15) is 14.4 Å². The molecular weight excluding hydrogens is 456 g/mol. The monoisotopic (exact) mass is 475 g/mol. The summed E-state index contributed by atoms with van der Waals surface area (Å²) in [4.78, 5) is 32.4. The first-order valence-electron chi connectivity index (χ1n) is 10.4. The fraction of sp³-hybridized carbons (Fsp3) is 0.125. The number of hydrogen-bond acceptors (Lipinski definition) is 6. The standard InChI is InChI=1S/C24H19ClN6O3/c1-2-30-23(32)29-22(31(24(30)33)15-17-3-7-18(25)8-4-17)28-21-12-11-20(14-27-21)34-19-9-5-16(13-26)6-10-19/h3-12,14H,2,15H2,1H3,(H,27,28,29,32)/p+1. The summed E-state index contributed by atoms with van der Waals surface area (Å²) in [7, 11) is 0. The number of hydrogen-bond donors (Lipinski definition) is 2. The van der Waals surface area contributed by atoms with Crippen molar-refractivity contribution in [2.45, 2.75) is 20.0 Å². The van der Waals surface area contributed by atoms with Gasteiger partial charge in [0.05, 0.1) is 30.9 Å². The minimum atomic E-state index is -0.525. The van der Waals surface area contributed by atoms with E-state index in [1.807, 2.05) is 12.1 Å². The van der Waals surface area contributed by atoms with Crippen molar-refractivity contribution in [2.24, 2.45) is 0 Å². The summed E-state index contributed by atoms with van der Waals surface area (Å²) in [5.74, 6) is 1.65. The lowest BCUT2D eigenvalue weighted by molar-refractivity contribution is -0.696. The SMILES string of the molecule is CCn1c(=O)[nH]c(Nc2ccc(Oc3ccc(C#N)cc3)cn2)[n+](Cc2ccc(Cl)cc2)c1=O. The van der Waals surface area contributed by atoms with E-state index in [1.165, 1.54) is 10.8 Å². The van der Waals surface area contributed by atoms with Gasteiger partial charge in [-0.15, -0.1) is 0 Å². The lowest BCUT2D eigenvalue weighted by Gasteiger charge is -2.10. The van der Waals surface area contributed by atoms with Crippen molar-refractivity contribution in [3.05, 3.63) is 104 Å². The van der Waals surface area contributed by atoms with Crippen LogP contribution in [0, 0.1) is 11.3 Å². The Balaban J connectivity index is 1.59. The number of aromatic amines is 1. The van der Waals surface area contributed by atoms with E-state index in [0.29, 0.717) is 27.9 Å². The summed E-state index contributed by atoms with van der Waals surface area (Å²) in [6.45, 7) is 2.17. The molecule has 0 amide bonds. The van der Waals surface area contributed by atoms with Crippen LogP contribution < -0.4 is 26.0 Å². The number of rotatable bonds is 7. The molecule has 9 nitrogen and oxygen atoms in total. The third kappa shape index (κ3) is 5.14. The molecule has 0 bridgehead atoms. The van der Waals surface area contributed by atoms with Gasteiger partial charge in [-0.3, -0.25) is 0 Å². The van der Waals surface area contributed by atoms with E-state index < -0.39 is 11.4 Å². The third-order valence-electron chi connectivity index (χ3n) is 4.97. The van der Waals surface area contributed by atoms with Crippen LogP contribution in [-0.2, 0) is 13.1 Å². The summed E-state index contributed by atoms with van der Waals surface area (Å²) in [5.41, 5.74) is 0.395. The van der Waals surface area contributed by atoms with Crippen LogP contribution in [0.5, 0.6) is 11.5 Å². The fourth-order valence-corrected chi connectivity index (χ4v) is 3.36. The largest absolute Gasteiger partial charge is 0.456 e. The topological polar surface area (TPSA) is 117 Å². The molecule has 0 saturated heterocycles. The Morgan fingerprint density at radius 1 is 1.09 bits per heavy atom. The molecule has 10 heteroatoms. The molecule has 2 aromatic carbocycles. The predicted octanol–water partition coefficient (Wildman–Crippen LogP) is 3.35. The van der Waals surface area contributed by atoms with Gasteiger partial charge in [0.2, 0.25) is 0 Å². The van der Waals surface area contributed by atoms with E-state index in [0.717, 1.165) is 10.1 Å². The first kappa shape index (κ1) is 22.8. The van der Waals surface area contributed by atoms with E-state index in [1.54, 1.807) is 55.5 Å². The number of nitrogens with zero attached hydrogens (tertiary/aromatic N) is 4. The number of nitriles is 1. The van der Waals surface area contributed by atoms with Crippen LogP contribution in [0.4, 0.5) is 11.8 Å². The zero-order chi connectivity index (χ0) is 24.1. The maximum atomic E-state index is 13.0. The zero-order valence-electron chi connectivity index (χ0n) is 18.2. The molecule has 0 atom stereocenters. The Hall–Kier alpha value is -4.42. The number of pyridine rings is 1. The highest BCUT2D eigenvalue weighted by Crippen LogP contribution is 2.22. The van der Waals surface area contributed by atoms with Gasteiger partial charge in [-0.1, -0.05) is 23.7 Å². The molecule has 170 valence electrons. The molecule has 2 aromatic heterocycles. The van der Waals surface area contributed by atoms with Gasteiger partial charge in [0.15, 0.2) is 5.82 Å². The van der Waals surface area contributed by atoms with Crippen molar-refractivity contribution >= 4 is 23.4 Å². The van der Waals surface area contributed by atoms with E-state index in [2.05, 4.69) is 21.4 Å². The van der Waals surface area contributed by atoms with E-state index >= 15 is 0 Å². The Kier molecular flexibility index (Phi) is 6.71. The van der Waals surface area contributed by atoms with Crippen LogP contribution >= 0.6 is 11.6 Å². The zero-order valence-corrected chi connectivity index (χ0v) is 18.9. The molecule has 34 heavy (non-hydrogen) atoms. The Labute approximate surface area is 199 Å². The van der Waals surface area contributed by atoms with Crippen molar-refractivity contribution in [2.75, 3.05) is 5.32 Å². The number of nitrogens with one attached hydrogen (secondary N) is 2. The van der Waals surface area contributed by atoms with E-state index in [-0.39, 0.29) is 19.0 Å². The lowest BCUT2D eigenvalue weighted by Crippen LogP contribution is -2.60. The van der Waals surface area contributed by atoms with Crippen molar-refractivity contribution in [1.29, 1.82) is 5.26 Å². The average Bonchev–Trinajstić information content (AvgIpc) is 2.84. The highest BCUT2D eigenvalue weighted by Gasteiger charge is 2.19. The number of ether oxygens (including phenoxy) is 1. The van der Waals surface area contributed by atoms with Crippen molar-refractivity contribution in [1.82, 2.24) is 14.5 Å². The summed E-state index contributed by atoms with van der Waals surface area (Å²) in [6, 6.07) is 19.2. The number of aromatic nitrogens is 4. The first-order valence-corrected chi connectivity index (χ1v) is 10.8. The molecule has 0 unspecified atom stereocenters. The maximum absolute atomic E-state index is 13.0. The molecule has 0 aliphatic carbocycles. The van der Waals surface area contributed by atoms with Crippen LogP contribution in [0.25, 0.3) is 0 Å². The molecular formula is C24H20ClN6O3+. The molecule has 0 spiro atoms. The van der Waals surface area contributed by atoms with Crippen LogP contribution in [0.2, 0.25) is 5.02 Å². The molecule has 0 saturated carbocycles. The number of H-pyrrole nitrogens is 1. The highest BCUT2D eigenvalue weighted by atomic mass is 35.5. The molecule has 2 N–H and O–H groups in total.